The molecule has 0 nitrogen and oxygen atoms in total. The summed E-state index contributed by atoms with van der Waals surface area (Å²) in [5, 5.41) is 3.14. The van der Waals surface area contributed by atoms with E-state index in [2.05, 4.69) is 0 Å². The summed E-state index contributed by atoms with van der Waals surface area (Å²) >= 11 is 5.11. The van der Waals surface area contributed by atoms with E-state index in [4.69, 9.17) is 0 Å². The van der Waals surface area contributed by atoms with Crippen molar-refractivity contribution in [3.8, 4) is 0 Å². The average Bonchev–Trinajstić information content (AvgIpc) is 2.54. The van der Waals surface area contributed by atoms with Crippen molar-refractivity contribution in [2.45, 2.75) is 4.90 Å². The molecule has 68 valence electrons. The fraction of sp³-hybridized carbons (Fsp3) is 0.111. The van der Waals surface area contributed by atoms with Gasteiger partial charge in [0.25, 0.3) is 0 Å². The lowest BCUT2D eigenvalue weighted by atomic mass is 10.2. The molecule has 0 fully saturated rings. The van der Waals surface area contributed by atoms with Crippen molar-refractivity contribution in [3.63, 3.8) is 0 Å². The molecule has 0 saturated heterocycles. The first kappa shape index (κ1) is 9.73. The molecule has 0 atom stereocenters. The van der Waals surface area contributed by atoms with E-state index in [1.165, 1.54) is 11.8 Å². The van der Waals surface area contributed by atoms with Crippen LogP contribution in [0.1, 0.15) is 0 Å². The van der Waals surface area contributed by atoms with E-state index < -0.39 is 0 Å². The van der Waals surface area contributed by atoms with Crippen molar-refractivity contribution in [2.75, 3.05) is 6.26 Å². The Morgan fingerprint density at radius 1 is 1.54 bits per heavy atom. The number of thioether (sulfide) groups is 1. The summed E-state index contributed by atoms with van der Waals surface area (Å²) in [6.45, 7) is 0. The van der Waals surface area contributed by atoms with Crippen LogP contribution in [0, 0.1) is 9.39 Å². The van der Waals surface area contributed by atoms with E-state index in [-0.39, 0.29) is 5.82 Å². The van der Waals surface area contributed by atoms with Crippen molar-refractivity contribution in [2.24, 2.45) is 0 Å². The van der Waals surface area contributed by atoms with Crippen molar-refractivity contribution in [1.82, 2.24) is 0 Å². The molecule has 0 aliphatic heterocycles. The van der Waals surface area contributed by atoms with Gasteiger partial charge in [-0.15, -0.1) is 23.1 Å². The summed E-state index contributed by atoms with van der Waals surface area (Å²) in [4.78, 5) is 0.775. The second kappa shape index (κ2) is 3.74. The quantitative estimate of drug-likeness (QED) is 0.555. The Morgan fingerprint density at radius 2 is 2.31 bits per heavy atom. The van der Waals surface area contributed by atoms with Gasteiger partial charge in [-0.25, -0.2) is 4.39 Å². The third kappa shape index (κ3) is 1.59. The van der Waals surface area contributed by atoms with Gasteiger partial charge in [-0.2, -0.15) is 0 Å². The van der Waals surface area contributed by atoms with Crippen molar-refractivity contribution in [3.05, 3.63) is 26.9 Å². The van der Waals surface area contributed by atoms with Gasteiger partial charge in [-0.05, 0) is 51.7 Å². The highest BCUT2D eigenvalue weighted by Gasteiger charge is 2.11. The van der Waals surface area contributed by atoms with Gasteiger partial charge < -0.3 is 0 Å². The fourth-order valence-corrected chi connectivity index (χ4v) is 3.79. The molecule has 0 radical (unpaired) electrons. The Kier molecular flexibility index (Phi) is 2.80. The van der Waals surface area contributed by atoms with Gasteiger partial charge in [0, 0.05) is 0 Å². The second-order valence-electron chi connectivity index (χ2n) is 2.54. The Labute approximate surface area is 97.7 Å². The van der Waals surface area contributed by atoms with Crippen LogP contribution >= 0.6 is 45.7 Å². The van der Waals surface area contributed by atoms with Crippen LogP contribution in [0.4, 0.5) is 4.39 Å². The van der Waals surface area contributed by atoms with Crippen LogP contribution in [0.3, 0.4) is 0 Å². The van der Waals surface area contributed by atoms with E-state index in [9.17, 15) is 4.39 Å². The smallest absolute Gasteiger partial charge is 0.151 e. The number of halogens is 2. The first-order chi connectivity index (χ1) is 6.24. The summed E-state index contributed by atoms with van der Waals surface area (Å²) in [6.07, 6.45) is 1.91. The third-order valence-corrected chi connectivity index (χ3v) is 4.45. The van der Waals surface area contributed by atoms with Crippen LogP contribution in [0.25, 0.3) is 10.1 Å². The molecule has 2 aromatic rings. The molecule has 4 heteroatoms. The molecular weight excluding hydrogens is 318 g/mol. The summed E-state index contributed by atoms with van der Waals surface area (Å²) in [6, 6.07) is 3.92. The van der Waals surface area contributed by atoms with E-state index in [0.717, 1.165) is 15.0 Å². The number of hydrogen-bond acceptors (Lipinski definition) is 2. The molecule has 0 N–H and O–H groups in total. The second-order valence-corrected chi connectivity index (χ2v) is 5.44. The summed E-state index contributed by atoms with van der Waals surface area (Å²) in [5.41, 5.74) is 0. The summed E-state index contributed by atoms with van der Waals surface area (Å²) < 4.78 is 15.4. The molecule has 0 bridgehead atoms. The lowest BCUT2D eigenvalue weighted by molar-refractivity contribution is 0.599. The maximum Gasteiger partial charge on any atom is 0.151 e. The highest BCUT2D eigenvalue weighted by Crippen LogP contribution is 2.35. The monoisotopic (exact) mass is 324 g/mol. The Hall–Kier alpha value is 0.190. The highest BCUT2D eigenvalue weighted by molar-refractivity contribution is 14.1. The molecule has 13 heavy (non-hydrogen) atoms. The molecule has 0 spiro atoms. The van der Waals surface area contributed by atoms with Gasteiger partial charge in [0.05, 0.1) is 13.2 Å². The van der Waals surface area contributed by atoms with E-state index in [1.54, 1.807) is 11.3 Å². The van der Waals surface area contributed by atoms with E-state index in [1.807, 2.05) is 46.4 Å². The standard InChI is InChI=1S/C9H6FIS2/c1-12-9-7(10)6(11)4-5-2-3-13-8(5)9/h2-4H,1H3. The number of hydrogen-bond donors (Lipinski definition) is 0. The first-order valence-corrected chi connectivity index (χ1v) is 6.81. The van der Waals surface area contributed by atoms with Gasteiger partial charge in [0.2, 0.25) is 0 Å². The number of thiophene rings is 1. The van der Waals surface area contributed by atoms with E-state index >= 15 is 0 Å². The fourth-order valence-electron chi connectivity index (χ4n) is 1.21. The van der Waals surface area contributed by atoms with Gasteiger partial charge in [0.15, 0.2) is 5.82 Å². The van der Waals surface area contributed by atoms with Gasteiger partial charge in [-0.3, -0.25) is 0 Å². The maximum absolute atomic E-state index is 13.6. The van der Waals surface area contributed by atoms with Gasteiger partial charge >= 0.3 is 0 Å². The largest absolute Gasteiger partial charge is 0.205 e. The van der Waals surface area contributed by atoms with Crippen LogP contribution < -0.4 is 0 Å². The highest BCUT2D eigenvalue weighted by atomic mass is 127. The number of benzene rings is 1. The molecular formula is C9H6FIS2. The molecule has 0 saturated carbocycles. The van der Waals surface area contributed by atoms with Crippen LogP contribution in [-0.4, -0.2) is 6.26 Å². The zero-order chi connectivity index (χ0) is 9.42. The average molecular weight is 324 g/mol. The molecule has 1 aromatic carbocycles. The van der Waals surface area contributed by atoms with Crippen LogP contribution in [0.5, 0.6) is 0 Å². The Bertz CT molecular complexity index is 450. The third-order valence-electron chi connectivity index (χ3n) is 1.80. The van der Waals surface area contributed by atoms with Crippen molar-refractivity contribution >= 4 is 55.8 Å². The Morgan fingerprint density at radius 3 is 3.00 bits per heavy atom. The summed E-state index contributed by atoms with van der Waals surface area (Å²) in [5.74, 6) is -0.0805. The van der Waals surface area contributed by atoms with Crippen molar-refractivity contribution < 1.29 is 4.39 Å². The molecule has 2 rings (SSSR count). The zero-order valence-electron chi connectivity index (χ0n) is 6.80. The predicted octanol–water partition coefficient (Wildman–Crippen LogP) is 4.37. The lowest BCUT2D eigenvalue weighted by Gasteiger charge is -2.02. The van der Waals surface area contributed by atoms with Gasteiger partial charge in [-0.1, -0.05) is 0 Å². The number of fused-ring (bicyclic) bond motifs is 1. The molecule has 1 aromatic heterocycles. The molecule has 0 aliphatic rings. The zero-order valence-corrected chi connectivity index (χ0v) is 10.6. The normalized spacial score (nSPS) is 11.0. The molecule has 0 unspecified atom stereocenters. The maximum atomic E-state index is 13.6. The molecule has 0 aliphatic carbocycles. The minimum atomic E-state index is -0.0805. The minimum Gasteiger partial charge on any atom is -0.205 e. The first-order valence-electron chi connectivity index (χ1n) is 3.63. The summed E-state index contributed by atoms with van der Waals surface area (Å²) in [7, 11) is 0. The van der Waals surface area contributed by atoms with Gasteiger partial charge in [0.1, 0.15) is 0 Å². The molecule has 1 heterocycles. The van der Waals surface area contributed by atoms with Crippen LogP contribution in [0.2, 0.25) is 0 Å². The van der Waals surface area contributed by atoms with E-state index in [0.29, 0.717) is 3.57 Å². The minimum absolute atomic E-state index is 0.0805. The topological polar surface area (TPSA) is 0 Å². The van der Waals surface area contributed by atoms with Crippen molar-refractivity contribution in [1.29, 1.82) is 0 Å². The van der Waals surface area contributed by atoms with Crippen LogP contribution in [0.15, 0.2) is 22.4 Å². The van der Waals surface area contributed by atoms with Crippen LogP contribution in [-0.2, 0) is 0 Å². The predicted molar refractivity (Wildman–Crippen MR) is 66.3 cm³/mol. The lowest BCUT2D eigenvalue weighted by Crippen LogP contribution is -1.85. The Balaban J connectivity index is 2.87. The molecule has 0 amide bonds. The number of rotatable bonds is 1. The SMILES string of the molecule is CSc1c(F)c(I)cc2ccsc12.